The monoisotopic (exact) mass is 551 g/mol. The molecule has 0 amide bonds. The van der Waals surface area contributed by atoms with Gasteiger partial charge in [0.1, 0.15) is 0 Å². The van der Waals surface area contributed by atoms with Gasteiger partial charge >= 0.3 is 0 Å². The van der Waals surface area contributed by atoms with Crippen LogP contribution in [0.5, 0.6) is 0 Å². The molecule has 0 rings (SSSR count). The van der Waals surface area contributed by atoms with Crippen molar-refractivity contribution in [3.05, 3.63) is 0 Å². The lowest BCUT2D eigenvalue weighted by Crippen LogP contribution is -2.29. The molecule has 0 saturated heterocycles. The molecule has 2 nitrogen and oxygen atoms in total. The molecule has 0 radical (unpaired) electrons. The van der Waals surface area contributed by atoms with E-state index < -0.39 is 0 Å². The molecule has 0 fully saturated rings. The van der Waals surface area contributed by atoms with Gasteiger partial charge in [-0.05, 0) is 59.5 Å². The Hall–Kier alpha value is -0.0800. The molecule has 0 heterocycles. The van der Waals surface area contributed by atoms with E-state index >= 15 is 0 Å². The largest absolute Gasteiger partial charge is 0.309 e. The van der Waals surface area contributed by atoms with Crippen LogP contribution in [0.3, 0.4) is 0 Å². The fraction of sp³-hybridized carbons (Fsp3) is 1.00. The molecule has 0 aliphatic rings. The first-order chi connectivity index (χ1) is 19.2. The zero-order valence-electron chi connectivity index (χ0n) is 28.2. The van der Waals surface area contributed by atoms with Crippen LogP contribution in [0.4, 0.5) is 0 Å². The molecule has 0 saturated carbocycles. The summed E-state index contributed by atoms with van der Waals surface area (Å²) in [6, 6.07) is 0. The van der Waals surface area contributed by atoms with Gasteiger partial charge in [0.05, 0.1) is 0 Å². The second kappa shape index (κ2) is 34.1. The Kier molecular flexibility index (Phi) is 34.1. The van der Waals surface area contributed by atoms with E-state index in [1.54, 1.807) is 0 Å². The fourth-order valence-electron chi connectivity index (χ4n) is 6.01. The van der Waals surface area contributed by atoms with Crippen molar-refractivity contribution in [1.29, 1.82) is 0 Å². The Balaban J connectivity index is 3.64. The van der Waals surface area contributed by atoms with Crippen LogP contribution < -0.4 is 0 Å². The molecule has 0 spiro atoms. The van der Waals surface area contributed by atoms with E-state index in [-0.39, 0.29) is 0 Å². The first-order valence-electron chi connectivity index (χ1n) is 18.6. The molecule has 0 unspecified atom stereocenters. The maximum Gasteiger partial charge on any atom is -0.000655 e. The van der Waals surface area contributed by atoms with Crippen molar-refractivity contribution in [1.82, 2.24) is 9.80 Å². The molecule has 0 atom stereocenters. The van der Waals surface area contributed by atoms with E-state index in [2.05, 4.69) is 37.7 Å². The predicted molar refractivity (Wildman–Crippen MR) is 180 cm³/mol. The van der Waals surface area contributed by atoms with Crippen LogP contribution in [0.25, 0.3) is 0 Å². The fourth-order valence-corrected chi connectivity index (χ4v) is 6.01. The van der Waals surface area contributed by atoms with Crippen molar-refractivity contribution in [3.8, 4) is 0 Å². The Bertz CT molecular complexity index is 390. The van der Waals surface area contributed by atoms with Gasteiger partial charge in [0.2, 0.25) is 0 Å². The van der Waals surface area contributed by atoms with Crippen LogP contribution >= 0.6 is 0 Å². The highest BCUT2D eigenvalue weighted by atomic mass is 15.1. The van der Waals surface area contributed by atoms with Gasteiger partial charge in [-0.25, -0.2) is 0 Å². The molecule has 2 heteroatoms. The molecular formula is C37H78N2. The summed E-state index contributed by atoms with van der Waals surface area (Å²) in [7, 11) is 4.43. The molecule has 0 bridgehead atoms. The minimum absolute atomic E-state index is 1.23. The molecule has 0 aromatic carbocycles. The molecule has 0 N–H and O–H groups in total. The Morgan fingerprint density at radius 2 is 0.487 bits per heavy atom. The number of hydrogen-bond acceptors (Lipinski definition) is 2. The highest BCUT2D eigenvalue weighted by Gasteiger charge is 2.05. The predicted octanol–water partition coefficient (Wildman–Crippen LogP) is 12.2. The Labute approximate surface area is 249 Å². The molecule has 39 heavy (non-hydrogen) atoms. The number of nitrogens with zero attached hydrogens (tertiary/aromatic N) is 2. The van der Waals surface area contributed by atoms with Crippen molar-refractivity contribution >= 4 is 0 Å². The van der Waals surface area contributed by atoms with Crippen LogP contribution in [0, 0.1) is 0 Å². The summed E-state index contributed by atoms with van der Waals surface area (Å²) in [5.41, 5.74) is 0. The quantitative estimate of drug-likeness (QED) is 0.0735. The maximum atomic E-state index is 2.80. The van der Waals surface area contributed by atoms with Gasteiger partial charge in [0, 0.05) is 0 Å². The van der Waals surface area contributed by atoms with Crippen LogP contribution in [0.15, 0.2) is 0 Å². The van der Waals surface area contributed by atoms with Gasteiger partial charge in [-0.1, -0.05) is 181 Å². The lowest BCUT2D eigenvalue weighted by atomic mass is 10.0. The van der Waals surface area contributed by atoms with E-state index in [1.807, 2.05) is 0 Å². The van der Waals surface area contributed by atoms with Gasteiger partial charge in [0.15, 0.2) is 0 Å². The van der Waals surface area contributed by atoms with Crippen molar-refractivity contribution in [3.63, 3.8) is 0 Å². The summed E-state index contributed by atoms with van der Waals surface area (Å²) in [5.74, 6) is 0. The van der Waals surface area contributed by atoms with Crippen LogP contribution in [0.2, 0.25) is 0 Å². The van der Waals surface area contributed by atoms with Gasteiger partial charge in [-0.3, -0.25) is 0 Å². The minimum Gasteiger partial charge on any atom is -0.309 e. The molecule has 0 aromatic heterocycles. The summed E-state index contributed by atoms with van der Waals surface area (Å²) in [4.78, 5) is 5.14. The van der Waals surface area contributed by atoms with E-state index in [9.17, 15) is 0 Å². The summed E-state index contributed by atoms with van der Waals surface area (Å²) in [6.07, 6.45) is 42.1. The average molecular weight is 551 g/mol. The van der Waals surface area contributed by atoms with Crippen molar-refractivity contribution in [2.24, 2.45) is 0 Å². The smallest absolute Gasteiger partial charge is 0.000655 e. The summed E-state index contributed by atoms with van der Waals surface area (Å²) >= 11 is 0. The zero-order chi connectivity index (χ0) is 28.5. The van der Waals surface area contributed by atoms with Gasteiger partial charge < -0.3 is 9.80 Å². The molecular weight excluding hydrogens is 472 g/mol. The van der Waals surface area contributed by atoms with Crippen molar-refractivity contribution in [2.75, 3.05) is 40.3 Å². The van der Waals surface area contributed by atoms with E-state index in [4.69, 9.17) is 0 Å². The third-order valence-corrected chi connectivity index (χ3v) is 8.74. The lowest BCUT2D eigenvalue weighted by Gasteiger charge is -2.23. The van der Waals surface area contributed by atoms with E-state index in [0.29, 0.717) is 0 Å². The third kappa shape index (κ3) is 34.0. The van der Waals surface area contributed by atoms with Gasteiger partial charge in [-0.2, -0.15) is 0 Å². The number of hydrogen-bond donors (Lipinski definition) is 0. The lowest BCUT2D eigenvalue weighted by molar-refractivity contribution is 0.244. The highest BCUT2D eigenvalue weighted by Crippen LogP contribution is 2.15. The summed E-state index contributed by atoms with van der Waals surface area (Å²) in [6.45, 7) is 9.82. The first-order valence-corrected chi connectivity index (χ1v) is 18.6. The normalized spacial score (nSPS) is 11.8. The average Bonchev–Trinajstić information content (AvgIpc) is 2.92. The SMILES string of the molecule is CCCCCCCCCCCCCCCCN(CCCCCCCCCCCCCCCC)CCCN(C)C. The van der Waals surface area contributed by atoms with Crippen LogP contribution in [0.1, 0.15) is 200 Å². The number of rotatable bonds is 34. The van der Waals surface area contributed by atoms with Crippen molar-refractivity contribution in [2.45, 2.75) is 200 Å². The second-order valence-corrected chi connectivity index (χ2v) is 13.2. The summed E-state index contributed by atoms with van der Waals surface area (Å²) in [5, 5.41) is 0. The number of unbranched alkanes of at least 4 members (excludes halogenated alkanes) is 26. The molecule has 0 aliphatic carbocycles. The molecule has 236 valence electrons. The molecule has 0 aliphatic heterocycles. The standard InChI is InChI=1S/C37H78N2/c1-5-7-9-11-13-15-17-19-21-23-25-27-29-31-35-39(37-33-34-38(3)4)36-32-30-28-26-24-22-20-18-16-14-12-10-8-6-2/h5-37H2,1-4H3. The first kappa shape index (κ1) is 38.9. The Morgan fingerprint density at radius 3 is 0.744 bits per heavy atom. The van der Waals surface area contributed by atoms with E-state index in [0.717, 1.165) is 0 Å². The van der Waals surface area contributed by atoms with E-state index in [1.165, 1.54) is 212 Å². The summed E-state index contributed by atoms with van der Waals surface area (Å²) < 4.78 is 0. The topological polar surface area (TPSA) is 6.48 Å². The van der Waals surface area contributed by atoms with Crippen molar-refractivity contribution < 1.29 is 0 Å². The maximum absolute atomic E-state index is 2.80. The van der Waals surface area contributed by atoms with Crippen LogP contribution in [-0.2, 0) is 0 Å². The third-order valence-electron chi connectivity index (χ3n) is 8.74. The zero-order valence-corrected chi connectivity index (χ0v) is 28.2. The van der Waals surface area contributed by atoms with Crippen LogP contribution in [-0.4, -0.2) is 50.1 Å². The molecule has 0 aromatic rings. The van der Waals surface area contributed by atoms with Gasteiger partial charge in [-0.15, -0.1) is 0 Å². The second-order valence-electron chi connectivity index (χ2n) is 13.2. The van der Waals surface area contributed by atoms with Gasteiger partial charge in [0.25, 0.3) is 0 Å². The Morgan fingerprint density at radius 1 is 0.256 bits per heavy atom. The minimum atomic E-state index is 1.23. The highest BCUT2D eigenvalue weighted by molar-refractivity contribution is 4.61.